The van der Waals surface area contributed by atoms with Crippen LogP contribution in [0.1, 0.15) is 43.1 Å². The lowest BCUT2D eigenvalue weighted by Crippen LogP contribution is -2.59. The van der Waals surface area contributed by atoms with Gasteiger partial charge in [0.25, 0.3) is 0 Å². The minimum atomic E-state index is -1.14. The van der Waals surface area contributed by atoms with Crippen molar-refractivity contribution in [2.24, 2.45) is 5.92 Å². The lowest BCUT2D eigenvalue weighted by atomic mass is 9.95. The molecule has 0 saturated heterocycles. The Balaban J connectivity index is 1.77. The number of hydrogen-bond donors (Lipinski definition) is 3. The Morgan fingerprint density at radius 3 is 2.19 bits per heavy atom. The van der Waals surface area contributed by atoms with E-state index in [2.05, 4.69) is 16.0 Å². The van der Waals surface area contributed by atoms with Gasteiger partial charge in [0.1, 0.15) is 17.8 Å². The number of nitrogens with one attached hydrogen (secondary N) is 3. The highest BCUT2D eigenvalue weighted by Gasteiger charge is 2.38. The summed E-state index contributed by atoms with van der Waals surface area (Å²) in [6.07, 6.45) is 3.60. The van der Waals surface area contributed by atoms with Gasteiger partial charge in [0, 0.05) is 6.20 Å². The van der Waals surface area contributed by atoms with Crippen molar-refractivity contribution < 1.29 is 19.1 Å². The molecule has 5 unspecified atom stereocenters. The molecule has 8 nitrogen and oxygen atoms in total. The van der Waals surface area contributed by atoms with E-state index in [9.17, 15) is 14.4 Å². The van der Waals surface area contributed by atoms with E-state index in [-0.39, 0.29) is 17.7 Å². The zero-order valence-corrected chi connectivity index (χ0v) is 24.6. The molecular formula is C34H40N4O4. The molecule has 8 heteroatoms. The Kier molecular flexibility index (Phi) is 10.5. The number of benzene rings is 3. The highest BCUT2D eigenvalue weighted by molar-refractivity contribution is 5.94. The fourth-order valence-electron chi connectivity index (χ4n) is 4.91. The monoisotopic (exact) mass is 568 g/mol. The second-order valence-corrected chi connectivity index (χ2v) is 10.9. The molecule has 42 heavy (non-hydrogen) atoms. The zero-order valence-electron chi connectivity index (χ0n) is 24.6. The maximum atomic E-state index is 14.2. The van der Waals surface area contributed by atoms with Gasteiger partial charge >= 0.3 is 0 Å². The third-order valence-corrected chi connectivity index (χ3v) is 7.65. The minimum Gasteiger partial charge on any atom is -0.483 e. The van der Waals surface area contributed by atoms with E-state index in [0.717, 1.165) is 11.1 Å². The molecule has 3 amide bonds. The van der Waals surface area contributed by atoms with Gasteiger partial charge in [0.15, 0.2) is 6.10 Å². The molecule has 0 spiro atoms. The van der Waals surface area contributed by atoms with E-state index in [1.54, 1.807) is 24.4 Å². The SMILES string of the molecule is CCC(C)C1NC(=O)C(NC(=O)C(Cc2ccccc2)N(C)C)C(c2ccccc2)Oc2ccc(cc2)/C=C\NC1=O. The Labute approximate surface area is 248 Å². The summed E-state index contributed by atoms with van der Waals surface area (Å²) in [5.41, 5.74) is 2.59. The van der Waals surface area contributed by atoms with Crippen molar-refractivity contribution in [2.45, 2.75) is 50.9 Å². The molecule has 0 aliphatic carbocycles. The van der Waals surface area contributed by atoms with Gasteiger partial charge in [-0.1, -0.05) is 93.1 Å². The van der Waals surface area contributed by atoms with Crippen molar-refractivity contribution in [3.63, 3.8) is 0 Å². The Hall–Kier alpha value is -4.43. The van der Waals surface area contributed by atoms with Gasteiger partial charge in [-0.25, -0.2) is 0 Å². The minimum absolute atomic E-state index is 0.159. The number of rotatable bonds is 8. The number of ether oxygens (including phenoxy) is 1. The van der Waals surface area contributed by atoms with Gasteiger partial charge in [-0.05, 0) is 61.3 Å². The number of likely N-dealkylation sites (N-methyl/N-ethyl adjacent to an activating group) is 1. The third-order valence-electron chi connectivity index (χ3n) is 7.65. The first kappa shape index (κ1) is 30.5. The average molecular weight is 569 g/mol. The Morgan fingerprint density at radius 2 is 1.57 bits per heavy atom. The molecule has 2 bridgehead atoms. The van der Waals surface area contributed by atoms with Gasteiger partial charge in [0.2, 0.25) is 17.7 Å². The van der Waals surface area contributed by atoms with Crippen molar-refractivity contribution in [3.8, 4) is 5.75 Å². The van der Waals surface area contributed by atoms with Crippen LogP contribution in [-0.2, 0) is 20.8 Å². The summed E-state index contributed by atoms with van der Waals surface area (Å²) in [6.45, 7) is 3.88. The Morgan fingerprint density at radius 1 is 0.929 bits per heavy atom. The van der Waals surface area contributed by atoms with E-state index in [0.29, 0.717) is 24.2 Å². The van der Waals surface area contributed by atoms with Gasteiger partial charge in [-0.15, -0.1) is 0 Å². The van der Waals surface area contributed by atoms with Crippen molar-refractivity contribution in [3.05, 3.63) is 108 Å². The standard InChI is InChI=1S/C34H40N4O4/c1-5-23(2)29-33(40)35-21-20-24-16-18-27(19-17-24)42-31(26-14-10-7-11-15-26)30(34(41)36-29)37-32(39)28(38(3)4)22-25-12-8-6-9-13-25/h6-21,23,28-31H,5,22H2,1-4H3,(H,35,40)(H,36,41)(H,37,39)/b21-20-. The fraction of sp³-hybridized carbons (Fsp3) is 0.324. The zero-order chi connectivity index (χ0) is 30.1. The van der Waals surface area contributed by atoms with Crippen molar-refractivity contribution in [2.75, 3.05) is 14.1 Å². The van der Waals surface area contributed by atoms with E-state index in [4.69, 9.17) is 4.74 Å². The average Bonchev–Trinajstić information content (AvgIpc) is 3.00. The van der Waals surface area contributed by atoms with Crippen LogP contribution in [0.3, 0.4) is 0 Å². The molecule has 0 aromatic heterocycles. The molecule has 2 aliphatic heterocycles. The van der Waals surface area contributed by atoms with E-state index in [1.807, 2.05) is 106 Å². The normalized spacial score (nSPS) is 21.3. The number of nitrogens with zero attached hydrogens (tertiary/aromatic N) is 1. The van der Waals surface area contributed by atoms with Crippen LogP contribution < -0.4 is 20.7 Å². The van der Waals surface area contributed by atoms with Gasteiger partial charge < -0.3 is 20.7 Å². The maximum absolute atomic E-state index is 14.2. The van der Waals surface area contributed by atoms with Crippen LogP contribution in [0, 0.1) is 5.92 Å². The van der Waals surface area contributed by atoms with Crippen molar-refractivity contribution in [1.29, 1.82) is 0 Å². The number of fused-ring (bicyclic) bond motifs is 10. The first-order chi connectivity index (χ1) is 20.3. The molecule has 0 saturated carbocycles. The quantitative estimate of drug-likeness (QED) is 0.380. The van der Waals surface area contributed by atoms with Crippen LogP contribution in [-0.4, -0.2) is 54.8 Å². The first-order valence-corrected chi connectivity index (χ1v) is 14.4. The molecule has 2 heterocycles. The van der Waals surface area contributed by atoms with Crippen LogP contribution in [0.25, 0.3) is 6.08 Å². The van der Waals surface area contributed by atoms with E-state index >= 15 is 0 Å². The third kappa shape index (κ3) is 7.85. The molecule has 3 N–H and O–H groups in total. The highest BCUT2D eigenvalue weighted by Crippen LogP contribution is 2.27. The second-order valence-electron chi connectivity index (χ2n) is 10.9. The number of carbonyl (C=O) groups excluding carboxylic acids is 3. The van der Waals surface area contributed by atoms with Crippen LogP contribution in [0.5, 0.6) is 5.75 Å². The summed E-state index contributed by atoms with van der Waals surface area (Å²) >= 11 is 0. The molecular weight excluding hydrogens is 528 g/mol. The van der Waals surface area contributed by atoms with Gasteiger partial charge in [-0.2, -0.15) is 0 Å². The Bertz CT molecular complexity index is 1360. The molecule has 3 aromatic carbocycles. The summed E-state index contributed by atoms with van der Waals surface area (Å²) in [4.78, 5) is 43.2. The van der Waals surface area contributed by atoms with Gasteiger partial charge in [-0.3, -0.25) is 19.3 Å². The summed E-state index contributed by atoms with van der Waals surface area (Å²) in [5.74, 6) is -0.778. The highest BCUT2D eigenvalue weighted by atomic mass is 16.5. The van der Waals surface area contributed by atoms with E-state index in [1.165, 1.54) is 0 Å². The van der Waals surface area contributed by atoms with E-state index < -0.39 is 30.1 Å². The maximum Gasteiger partial charge on any atom is 0.247 e. The summed E-state index contributed by atoms with van der Waals surface area (Å²) in [7, 11) is 3.68. The summed E-state index contributed by atoms with van der Waals surface area (Å²) in [6, 6.07) is 23.9. The predicted octanol–water partition coefficient (Wildman–Crippen LogP) is 4.10. The number of carbonyl (C=O) groups is 3. The predicted molar refractivity (Wildman–Crippen MR) is 164 cm³/mol. The number of hydrogen-bond acceptors (Lipinski definition) is 5. The lowest BCUT2D eigenvalue weighted by Gasteiger charge is -2.33. The largest absolute Gasteiger partial charge is 0.483 e. The summed E-state index contributed by atoms with van der Waals surface area (Å²) in [5, 5.41) is 8.77. The van der Waals surface area contributed by atoms with Crippen LogP contribution in [0.2, 0.25) is 0 Å². The summed E-state index contributed by atoms with van der Waals surface area (Å²) < 4.78 is 6.48. The van der Waals surface area contributed by atoms with Crippen LogP contribution in [0.15, 0.2) is 91.1 Å². The molecule has 220 valence electrons. The van der Waals surface area contributed by atoms with Crippen molar-refractivity contribution in [1.82, 2.24) is 20.9 Å². The van der Waals surface area contributed by atoms with Crippen LogP contribution in [0.4, 0.5) is 0 Å². The molecule has 0 radical (unpaired) electrons. The number of amides is 3. The first-order valence-electron chi connectivity index (χ1n) is 14.4. The second kappa shape index (κ2) is 14.5. The van der Waals surface area contributed by atoms with Gasteiger partial charge in [0.05, 0.1) is 6.04 Å². The topological polar surface area (TPSA) is 99.8 Å². The molecule has 0 fully saturated rings. The molecule has 5 atom stereocenters. The lowest BCUT2D eigenvalue weighted by molar-refractivity contribution is -0.136. The van der Waals surface area contributed by atoms with Crippen LogP contribution >= 0.6 is 0 Å². The van der Waals surface area contributed by atoms with Crippen molar-refractivity contribution >= 4 is 23.8 Å². The smallest absolute Gasteiger partial charge is 0.247 e. The molecule has 5 rings (SSSR count). The fourth-order valence-corrected chi connectivity index (χ4v) is 4.91. The molecule has 3 aromatic rings. The molecule has 2 aliphatic rings.